The molecule has 0 atom stereocenters. The average Bonchev–Trinajstić information content (AvgIpc) is 2.48. The number of carbonyl (C=O) groups excluding carboxylic acids is 1. The minimum Gasteiger partial charge on any atom is -0.409 e. The van der Waals surface area contributed by atoms with E-state index < -0.39 is 5.82 Å². The highest BCUT2D eigenvalue weighted by molar-refractivity contribution is 6.05. The van der Waals surface area contributed by atoms with Gasteiger partial charge < -0.3 is 16.3 Å². The predicted octanol–water partition coefficient (Wildman–Crippen LogP) is 2.48. The number of hydrogen-bond donors (Lipinski definition) is 3. The highest BCUT2D eigenvalue weighted by atomic mass is 19.1. The first-order valence-corrected chi connectivity index (χ1v) is 6.16. The zero-order chi connectivity index (χ0) is 15.4. The zero-order valence-electron chi connectivity index (χ0n) is 11.3. The van der Waals surface area contributed by atoms with Crippen molar-refractivity contribution >= 4 is 17.4 Å². The van der Waals surface area contributed by atoms with Crippen LogP contribution in [0.5, 0.6) is 0 Å². The van der Waals surface area contributed by atoms with E-state index >= 15 is 0 Å². The molecule has 0 spiro atoms. The Kier molecular flexibility index (Phi) is 4.18. The number of halogens is 1. The lowest BCUT2D eigenvalue weighted by atomic mass is 10.1. The number of nitrogens with two attached hydrogens (primary N) is 1. The molecule has 2 aromatic carbocycles. The number of hydrogen-bond acceptors (Lipinski definition) is 3. The van der Waals surface area contributed by atoms with Crippen LogP contribution >= 0.6 is 0 Å². The number of rotatable bonds is 3. The van der Waals surface area contributed by atoms with Crippen molar-refractivity contribution in [3.05, 3.63) is 65.0 Å². The van der Waals surface area contributed by atoms with Crippen molar-refractivity contribution in [2.75, 3.05) is 5.32 Å². The Morgan fingerprint density at radius 3 is 2.71 bits per heavy atom. The Morgan fingerprint density at radius 1 is 1.29 bits per heavy atom. The van der Waals surface area contributed by atoms with E-state index in [9.17, 15) is 9.18 Å². The molecule has 0 aliphatic heterocycles. The molecular formula is C15H14FN3O2. The summed E-state index contributed by atoms with van der Waals surface area (Å²) in [5.41, 5.74) is 7.09. The lowest BCUT2D eigenvalue weighted by Gasteiger charge is -2.08. The average molecular weight is 287 g/mol. The molecule has 0 aliphatic rings. The first-order valence-electron chi connectivity index (χ1n) is 6.16. The van der Waals surface area contributed by atoms with Gasteiger partial charge in [-0.05, 0) is 37.3 Å². The van der Waals surface area contributed by atoms with Crippen LogP contribution in [0.15, 0.2) is 47.6 Å². The third-order valence-corrected chi connectivity index (χ3v) is 2.89. The molecule has 0 heterocycles. The molecule has 5 nitrogen and oxygen atoms in total. The number of aryl methyl sites for hydroxylation is 1. The number of anilines is 1. The molecule has 0 unspecified atom stereocenters. The normalized spacial score (nSPS) is 11.2. The summed E-state index contributed by atoms with van der Waals surface area (Å²) in [4.78, 5) is 12.1. The number of amidine groups is 1. The molecule has 2 aromatic rings. The third-order valence-electron chi connectivity index (χ3n) is 2.89. The molecule has 4 N–H and O–H groups in total. The second-order valence-electron chi connectivity index (χ2n) is 4.50. The summed E-state index contributed by atoms with van der Waals surface area (Å²) >= 11 is 0. The van der Waals surface area contributed by atoms with Crippen molar-refractivity contribution in [3.8, 4) is 0 Å². The summed E-state index contributed by atoms with van der Waals surface area (Å²) in [6.45, 7) is 1.88. The van der Waals surface area contributed by atoms with E-state index in [0.717, 1.165) is 11.6 Å². The first-order chi connectivity index (χ1) is 10.0. The largest absolute Gasteiger partial charge is 0.409 e. The van der Waals surface area contributed by atoms with Crippen molar-refractivity contribution in [3.63, 3.8) is 0 Å². The van der Waals surface area contributed by atoms with Crippen molar-refractivity contribution in [2.45, 2.75) is 6.92 Å². The van der Waals surface area contributed by atoms with Crippen LogP contribution in [0.1, 0.15) is 21.5 Å². The monoisotopic (exact) mass is 287 g/mol. The first kappa shape index (κ1) is 14.5. The zero-order valence-corrected chi connectivity index (χ0v) is 11.3. The van der Waals surface area contributed by atoms with E-state index in [4.69, 9.17) is 10.9 Å². The summed E-state index contributed by atoms with van der Waals surface area (Å²) < 4.78 is 13.5. The number of amides is 1. The van der Waals surface area contributed by atoms with Gasteiger partial charge in [0.25, 0.3) is 5.91 Å². The Hall–Kier alpha value is -2.89. The maximum Gasteiger partial charge on any atom is 0.255 e. The van der Waals surface area contributed by atoms with E-state index in [0.29, 0.717) is 11.3 Å². The molecule has 0 saturated carbocycles. The minimum absolute atomic E-state index is 0.0838. The van der Waals surface area contributed by atoms with Gasteiger partial charge in [0.1, 0.15) is 5.82 Å². The Bertz CT molecular complexity index is 714. The van der Waals surface area contributed by atoms with E-state index in [1.54, 1.807) is 18.2 Å². The van der Waals surface area contributed by atoms with Crippen LogP contribution in [0.2, 0.25) is 0 Å². The number of benzene rings is 2. The minimum atomic E-state index is -0.640. The molecular weight excluding hydrogens is 273 g/mol. The molecule has 0 fully saturated rings. The predicted molar refractivity (Wildman–Crippen MR) is 78.0 cm³/mol. The molecule has 1 amide bonds. The van der Waals surface area contributed by atoms with Crippen LogP contribution in [-0.2, 0) is 0 Å². The number of nitrogens with one attached hydrogen (secondary N) is 1. The molecule has 0 aromatic heterocycles. The van der Waals surface area contributed by atoms with Gasteiger partial charge in [0.15, 0.2) is 5.84 Å². The summed E-state index contributed by atoms with van der Waals surface area (Å²) in [7, 11) is 0. The molecule has 0 radical (unpaired) electrons. The smallest absolute Gasteiger partial charge is 0.255 e. The number of nitrogens with zero attached hydrogens (tertiary/aromatic N) is 1. The summed E-state index contributed by atoms with van der Waals surface area (Å²) in [6.07, 6.45) is 0. The van der Waals surface area contributed by atoms with Crippen LogP contribution in [0.25, 0.3) is 0 Å². The third kappa shape index (κ3) is 3.36. The Balaban J connectivity index is 2.26. The quantitative estimate of drug-likeness (QED) is 0.351. The molecule has 21 heavy (non-hydrogen) atoms. The molecule has 6 heteroatoms. The van der Waals surface area contributed by atoms with Gasteiger partial charge in [0, 0.05) is 11.3 Å². The second-order valence-corrected chi connectivity index (χ2v) is 4.50. The SMILES string of the molecule is Cc1cccc(C(=O)Nc2ccc(F)c(C(N)=NO)c2)c1. The van der Waals surface area contributed by atoms with Gasteiger partial charge in [-0.3, -0.25) is 4.79 Å². The molecule has 0 bridgehead atoms. The van der Waals surface area contributed by atoms with Crippen LogP contribution < -0.4 is 11.1 Å². The van der Waals surface area contributed by atoms with Gasteiger partial charge in [-0.25, -0.2) is 4.39 Å². The number of oxime groups is 1. The standard InChI is InChI=1S/C15H14FN3O2/c1-9-3-2-4-10(7-9)15(20)18-11-5-6-13(16)12(8-11)14(17)19-21/h2-8,21H,1H3,(H2,17,19)(H,18,20). The van der Waals surface area contributed by atoms with E-state index in [1.165, 1.54) is 12.1 Å². The fourth-order valence-electron chi connectivity index (χ4n) is 1.84. The highest BCUT2D eigenvalue weighted by Gasteiger charge is 2.11. The Labute approximate surface area is 120 Å². The van der Waals surface area contributed by atoms with E-state index in [-0.39, 0.29) is 17.3 Å². The second kappa shape index (κ2) is 6.04. The molecule has 108 valence electrons. The highest BCUT2D eigenvalue weighted by Crippen LogP contribution is 2.16. The molecule has 0 saturated heterocycles. The van der Waals surface area contributed by atoms with Gasteiger partial charge in [-0.15, -0.1) is 0 Å². The number of carbonyl (C=O) groups is 1. The summed E-state index contributed by atoms with van der Waals surface area (Å²) in [6, 6.07) is 10.9. The summed E-state index contributed by atoms with van der Waals surface area (Å²) in [5, 5.41) is 14.0. The lowest BCUT2D eigenvalue weighted by molar-refractivity contribution is 0.102. The van der Waals surface area contributed by atoms with Gasteiger partial charge >= 0.3 is 0 Å². The van der Waals surface area contributed by atoms with Crippen LogP contribution in [0.3, 0.4) is 0 Å². The van der Waals surface area contributed by atoms with E-state index in [2.05, 4.69) is 10.5 Å². The van der Waals surface area contributed by atoms with Crippen molar-refractivity contribution in [2.24, 2.45) is 10.9 Å². The van der Waals surface area contributed by atoms with Crippen molar-refractivity contribution < 1.29 is 14.4 Å². The van der Waals surface area contributed by atoms with Crippen LogP contribution in [0.4, 0.5) is 10.1 Å². The van der Waals surface area contributed by atoms with Gasteiger partial charge in [0.2, 0.25) is 0 Å². The van der Waals surface area contributed by atoms with Crippen LogP contribution in [0, 0.1) is 12.7 Å². The topological polar surface area (TPSA) is 87.7 Å². The lowest BCUT2D eigenvalue weighted by Crippen LogP contribution is -2.17. The molecule has 2 rings (SSSR count). The van der Waals surface area contributed by atoms with Crippen LogP contribution in [-0.4, -0.2) is 17.0 Å². The molecule has 0 aliphatic carbocycles. The summed E-state index contributed by atoms with van der Waals surface area (Å²) in [5.74, 6) is -1.33. The van der Waals surface area contributed by atoms with Gasteiger partial charge in [-0.1, -0.05) is 22.9 Å². The van der Waals surface area contributed by atoms with E-state index in [1.807, 2.05) is 13.0 Å². The van der Waals surface area contributed by atoms with Crippen molar-refractivity contribution in [1.82, 2.24) is 0 Å². The fourth-order valence-corrected chi connectivity index (χ4v) is 1.84. The Morgan fingerprint density at radius 2 is 2.05 bits per heavy atom. The van der Waals surface area contributed by atoms with Gasteiger partial charge in [-0.2, -0.15) is 0 Å². The maximum absolute atomic E-state index is 13.5. The fraction of sp³-hybridized carbons (Fsp3) is 0.0667. The van der Waals surface area contributed by atoms with Crippen molar-refractivity contribution in [1.29, 1.82) is 0 Å². The maximum atomic E-state index is 13.5. The van der Waals surface area contributed by atoms with Gasteiger partial charge in [0.05, 0.1) is 5.56 Å².